The molecule has 0 heterocycles. The Morgan fingerprint density at radius 3 is 1.80 bits per heavy atom. The highest BCUT2D eigenvalue weighted by Crippen LogP contribution is 2.15. The fourth-order valence-electron chi connectivity index (χ4n) is 2.02. The van der Waals surface area contributed by atoms with Crippen molar-refractivity contribution >= 4 is 9.84 Å². The average Bonchev–Trinajstić information content (AvgIpc) is 2.34. The highest BCUT2D eigenvalue weighted by molar-refractivity contribution is 7.92. The summed E-state index contributed by atoms with van der Waals surface area (Å²) in [4.78, 5) is 0. The van der Waals surface area contributed by atoms with Gasteiger partial charge in [-0.3, -0.25) is 0 Å². The van der Waals surface area contributed by atoms with Gasteiger partial charge in [0.25, 0.3) is 0 Å². The van der Waals surface area contributed by atoms with E-state index in [0.29, 0.717) is 6.54 Å². The first kappa shape index (κ1) is 19.9. The van der Waals surface area contributed by atoms with Crippen molar-refractivity contribution in [2.24, 2.45) is 0 Å². The van der Waals surface area contributed by atoms with E-state index >= 15 is 0 Å². The molecule has 3 nitrogen and oxygen atoms in total. The van der Waals surface area contributed by atoms with E-state index < -0.39 is 14.6 Å². The fraction of sp³-hybridized carbons (Fsp3) is 1.00. The first-order chi connectivity index (χ1) is 9.31. The van der Waals surface area contributed by atoms with E-state index in [4.69, 9.17) is 0 Å². The third kappa shape index (κ3) is 9.76. The fourth-order valence-corrected chi connectivity index (χ4v) is 3.05. The van der Waals surface area contributed by atoms with Crippen molar-refractivity contribution in [3.63, 3.8) is 0 Å². The van der Waals surface area contributed by atoms with Crippen LogP contribution < -0.4 is 5.32 Å². The van der Waals surface area contributed by atoms with Crippen LogP contribution in [-0.2, 0) is 9.84 Å². The van der Waals surface area contributed by atoms with Gasteiger partial charge in [0, 0.05) is 6.54 Å². The molecular weight excluding hydrogens is 270 g/mol. The molecule has 0 amide bonds. The minimum atomic E-state index is -2.97. The van der Waals surface area contributed by atoms with Crippen LogP contribution >= 0.6 is 0 Å². The summed E-state index contributed by atoms with van der Waals surface area (Å²) >= 11 is 0. The van der Waals surface area contributed by atoms with Gasteiger partial charge in [0.1, 0.15) is 0 Å². The summed E-state index contributed by atoms with van der Waals surface area (Å²) in [5.41, 5.74) is 0. The van der Waals surface area contributed by atoms with E-state index in [1.807, 2.05) is 0 Å². The van der Waals surface area contributed by atoms with Gasteiger partial charge < -0.3 is 5.32 Å². The van der Waals surface area contributed by atoms with Gasteiger partial charge in [-0.15, -0.1) is 0 Å². The smallest absolute Gasteiger partial charge is 0.156 e. The van der Waals surface area contributed by atoms with Crippen LogP contribution in [0.3, 0.4) is 0 Å². The third-order valence-electron chi connectivity index (χ3n) is 3.69. The second-order valence-corrected chi connectivity index (χ2v) is 9.52. The Morgan fingerprint density at radius 2 is 1.30 bits per heavy atom. The van der Waals surface area contributed by atoms with Crippen molar-refractivity contribution in [3.8, 4) is 0 Å². The van der Waals surface area contributed by atoms with Gasteiger partial charge in [-0.25, -0.2) is 8.42 Å². The molecule has 0 aliphatic rings. The van der Waals surface area contributed by atoms with E-state index in [-0.39, 0.29) is 5.75 Å². The normalized spacial score (nSPS) is 12.8. The van der Waals surface area contributed by atoms with Crippen LogP contribution in [0.5, 0.6) is 0 Å². The molecule has 0 spiro atoms. The minimum absolute atomic E-state index is 0.244. The molecule has 0 aromatic rings. The Balaban J connectivity index is 3.38. The van der Waals surface area contributed by atoms with Gasteiger partial charge in [0.2, 0.25) is 0 Å². The SMILES string of the molecule is CCCCCCCCCCNCCS(=O)(=O)C(C)(C)C. The van der Waals surface area contributed by atoms with Gasteiger partial charge in [-0.2, -0.15) is 0 Å². The van der Waals surface area contributed by atoms with Crippen LogP contribution in [-0.4, -0.2) is 32.0 Å². The van der Waals surface area contributed by atoms with Gasteiger partial charge in [-0.05, 0) is 33.7 Å². The lowest BCUT2D eigenvalue weighted by Gasteiger charge is -2.19. The Morgan fingerprint density at radius 1 is 0.800 bits per heavy atom. The number of hydrogen-bond acceptors (Lipinski definition) is 3. The first-order valence-electron chi connectivity index (χ1n) is 8.24. The second kappa shape index (κ2) is 10.6. The molecule has 1 N–H and O–H groups in total. The van der Waals surface area contributed by atoms with Crippen molar-refractivity contribution in [1.82, 2.24) is 5.32 Å². The molecule has 0 aromatic heterocycles. The summed E-state index contributed by atoms with van der Waals surface area (Å²) < 4.78 is 23.1. The van der Waals surface area contributed by atoms with Crippen LogP contribution in [0.25, 0.3) is 0 Å². The maximum Gasteiger partial charge on any atom is 0.156 e. The Bertz CT molecular complexity index is 318. The topological polar surface area (TPSA) is 46.2 Å². The van der Waals surface area contributed by atoms with Gasteiger partial charge >= 0.3 is 0 Å². The van der Waals surface area contributed by atoms with Crippen LogP contribution in [0.4, 0.5) is 0 Å². The van der Waals surface area contributed by atoms with E-state index in [1.165, 1.54) is 44.9 Å². The standard InChI is InChI=1S/C16H35NO2S/c1-5-6-7-8-9-10-11-12-13-17-14-15-20(18,19)16(2,3)4/h17H,5-15H2,1-4H3. The third-order valence-corrected chi connectivity index (χ3v) is 6.30. The van der Waals surface area contributed by atoms with Gasteiger partial charge in [0.05, 0.1) is 10.5 Å². The zero-order valence-electron chi connectivity index (χ0n) is 14.0. The Labute approximate surface area is 126 Å². The van der Waals surface area contributed by atoms with Gasteiger partial charge in [0.15, 0.2) is 9.84 Å². The number of sulfone groups is 1. The molecule has 0 atom stereocenters. The molecule has 0 fully saturated rings. The molecule has 0 aromatic carbocycles. The van der Waals surface area contributed by atoms with E-state index in [0.717, 1.165) is 13.0 Å². The molecule has 0 aliphatic heterocycles. The number of nitrogens with one attached hydrogen (secondary N) is 1. The highest BCUT2D eigenvalue weighted by atomic mass is 32.2. The zero-order valence-corrected chi connectivity index (χ0v) is 14.8. The maximum atomic E-state index is 11.9. The van der Waals surface area contributed by atoms with Crippen molar-refractivity contribution in [2.75, 3.05) is 18.8 Å². The van der Waals surface area contributed by atoms with Crippen LogP contribution in [0.15, 0.2) is 0 Å². The summed E-state index contributed by atoms with van der Waals surface area (Å²) in [5.74, 6) is 0.244. The largest absolute Gasteiger partial charge is 0.316 e. The lowest BCUT2D eigenvalue weighted by molar-refractivity contribution is 0.546. The number of hydrogen-bond donors (Lipinski definition) is 1. The zero-order chi connectivity index (χ0) is 15.5. The molecule has 20 heavy (non-hydrogen) atoms. The summed E-state index contributed by atoms with van der Waals surface area (Å²) in [5, 5.41) is 3.25. The molecular formula is C16H35NO2S. The molecule has 0 unspecified atom stereocenters. The van der Waals surface area contributed by atoms with Crippen LogP contribution in [0.2, 0.25) is 0 Å². The Kier molecular flexibility index (Phi) is 10.6. The molecule has 0 aliphatic carbocycles. The van der Waals surface area contributed by atoms with Crippen LogP contribution in [0, 0.1) is 0 Å². The number of unbranched alkanes of at least 4 members (excludes halogenated alkanes) is 7. The molecule has 0 bridgehead atoms. The summed E-state index contributed by atoms with van der Waals surface area (Å²) in [7, 11) is -2.97. The molecule has 0 rings (SSSR count). The quantitative estimate of drug-likeness (QED) is 0.556. The summed E-state index contributed by atoms with van der Waals surface area (Å²) in [6.07, 6.45) is 10.5. The monoisotopic (exact) mass is 305 g/mol. The van der Waals surface area contributed by atoms with Crippen molar-refractivity contribution in [2.45, 2.75) is 83.8 Å². The molecule has 0 saturated heterocycles. The van der Waals surface area contributed by atoms with Gasteiger partial charge in [-0.1, -0.05) is 51.9 Å². The maximum absolute atomic E-state index is 11.9. The second-order valence-electron chi connectivity index (χ2n) is 6.66. The lowest BCUT2D eigenvalue weighted by Crippen LogP contribution is -2.34. The molecule has 122 valence electrons. The van der Waals surface area contributed by atoms with E-state index in [1.54, 1.807) is 20.8 Å². The van der Waals surface area contributed by atoms with Crippen molar-refractivity contribution < 1.29 is 8.42 Å². The van der Waals surface area contributed by atoms with Crippen LogP contribution in [0.1, 0.15) is 79.1 Å². The van der Waals surface area contributed by atoms with E-state index in [2.05, 4.69) is 12.2 Å². The predicted molar refractivity (Wildman–Crippen MR) is 89.0 cm³/mol. The average molecular weight is 306 g/mol. The summed E-state index contributed by atoms with van der Waals surface area (Å²) in [6.45, 7) is 9.05. The molecule has 0 saturated carbocycles. The predicted octanol–water partition coefficient (Wildman–Crippen LogP) is 3.93. The highest BCUT2D eigenvalue weighted by Gasteiger charge is 2.27. The molecule has 0 radical (unpaired) electrons. The van der Waals surface area contributed by atoms with Crippen molar-refractivity contribution in [1.29, 1.82) is 0 Å². The lowest BCUT2D eigenvalue weighted by atomic mass is 10.1. The Hall–Kier alpha value is -0.0900. The first-order valence-corrected chi connectivity index (χ1v) is 9.89. The minimum Gasteiger partial charge on any atom is -0.316 e. The molecule has 4 heteroatoms. The van der Waals surface area contributed by atoms with Crippen molar-refractivity contribution in [3.05, 3.63) is 0 Å². The summed E-state index contributed by atoms with van der Waals surface area (Å²) in [6, 6.07) is 0. The van der Waals surface area contributed by atoms with E-state index in [9.17, 15) is 8.42 Å². The number of rotatable bonds is 12.